The van der Waals surface area contributed by atoms with E-state index in [-0.39, 0.29) is 18.5 Å². The number of carbonyl (C=O) groups is 3. The van der Waals surface area contributed by atoms with Crippen LogP contribution in [0.1, 0.15) is 25.3 Å². The summed E-state index contributed by atoms with van der Waals surface area (Å²) in [5, 5.41) is 5.46. The molecule has 1 aliphatic carbocycles. The van der Waals surface area contributed by atoms with Crippen molar-refractivity contribution in [3.8, 4) is 0 Å². The lowest BCUT2D eigenvalue weighted by Gasteiger charge is -2.22. The molecular weight excluding hydrogens is 350 g/mol. The lowest BCUT2D eigenvalue weighted by atomic mass is 9.92. The first-order chi connectivity index (χ1) is 10.4. The molecule has 1 aromatic carbocycles. The van der Waals surface area contributed by atoms with E-state index < -0.39 is 17.5 Å². The molecule has 0 radical (unpaired) electrons. The molecule has 2 N–H and O–H groups in total. The van der Waals surface area contributed by atoms with Crippen molar-refractivity contribution < 1.29 is 14.4 Å². The van der Waals surface area contributed by atoms with Gasteiger partial charge in [-0.05, 0) is 37.5 Å². The van der Waals surface area contributed by atoms with Crippen LogP contribution in [0.3, 0.4) is 0 Å². The number of imide groups is 1. The molecule has 2 fully saturated rings. The summed E-state index contributed by atoms with van der Waals surface area (Å²) in [5.74, 6) is -0.711. The molecule has 4 amide bonds. The monoisotopic (exact) mass is 365 g/mol. The second-order valence-electron chi connectivity index (χ2n) is 5.80. The maximum atomic E-state index is 12.6. The van der Waals surface area contributed by atoms with Crippen molar-refractivity contribution in [2.24, 2.45) is 0 Å². The molecule has 116 valence electrons. The third-order valence-electron chi connectivity index (χ3n) is 3.94. The minimum Gasteiger partial charge on any atom is -0.352 e. The Morgan fingerprint density at radius 3 is 2.59 bits per heavy atom. The van der Waals surface area contributed by atoms with Gasteiger partial charge >= 0.3 is 6.03 Å². The molecular formula is C15H16BrN3O3. The van der Waals surface area contributed by atoms with Crippen molar-refractivity contribution in [3.63, 3.8) is 0 Å². The largest absolute Gasteiger partial charge is 0.352 e. The molecule has 1 saturated heterocycles. The Balaban J connectivity index is 1.77. The van der Waals surface area contributed by atoms with Gasteiger partial charge in [-0.25, -0.2) is 4.79 Å². The Hall–Kier alpha value is -1.89. The highest BCUT2D eigenvalue weighted by Crippen LogP contribution is 2.29. The Morgan fingerprint density at radius 1 is 1.36 bits per heavy atom. The number of halogens is 1. The van der Waals surface area contributed by atoms with Crippen LogP contribution < -0.4 is 10.6 Å². The standard InChI is InChI=1S/C15H16BrN3O3/c1-15(9-2-4-10(16)5-3-9)13(21)19(14(22)18-15)8-12(20)17-11-6-7-11/h2-5,11H,6-8H2,1H3,(H,17,20)(H,18,22). The summed E-state index contributed by atoms with van der Waals surface area (Å²) < 4.78 is 0.886. The molecule has 1 heterocycles. The third kappa shape index (κ3) is 2.72. The van der Waals surface area contributed by atoms with Crippen LogP contribution in [0, 0.1) is 0 Å². The summed E-state index contributed by atoms with van der Waals surface area (Å²) in [6.45, 7) is 1.41. The number of hydrogen-bond donors (Lipinski definition) is 2. The van der Waals surface area contributed by atoms with E-state index in [0.29, 0.717) is 5.56 Å². The fourth-order valence-electron chi connectivity index (χ4n) is 2.46. The zero-order valence-corrected chi connectivity index (χ0v) is 13.6. The van der Waals surface area contributed by atoms with Gasteiger partial charge in [0.15, 0.2) is 0 Å². The van der Waals surface area contributed by atoms with Crippen LogP contribution in [0.5, 0.6) is 0 Å². The molecule has 1 atom stereocenters. The molecule has 1 unspecified atom stereocenters. The normalized spacial score (nSPS) is 24.4. The van der Waals surface area contributed by atoms with Gasteiger partial charge in [-0.1, -0.05) is 28.1 Å². The van der Waals surface area contributed by atoms with Gasteiger partial charge in [0.2, 0.25) is 5.91 Å². The second-order valence-corrected chi connectivity index (χ2v) is 6.71. The number of amides is 4. The molecule has 3 rings (SSSR count). The van der Waals surface area contributed by atoms with Crippen molar-refractivity contribution in [3.05, 3.63) is 34.3 Å². The van der Waals surface area contributed by atoms with Gasteiger partial charge in [0.1, 0.15) is 12.1 Å². The Kier molecular flexibility index (Phi) is 3.68. The predicted octanol–water partition coefficient (Wildman–Crippen LogP) is 1.49. The van der Waals surface area contributed by atoms with Crippen LogP contribution in [0.15, 0.2) is 28.7 Å². The molecule has 0 spiro atoms. The molecule has 1 aromatic rings. The highest BCUT2D eigenvalue weighted by molar-refractivity contribution is 9.10. The summed E-state index contributed by atoms with van der Waals surface area (Å²) in [7, 11) is 0. The predicted molar refractivity (Wildman–Crippen MR) is 82.9 cm³/mol. The van der Waals surface area contributed by atoms with Gasteiger partial charge in [-0.15, -0.1) is 0 Å². The van der Waals surface area contributed by atoms with Crippen molar-refractivity contribution in [2.75, 3.05) is 6.54 Å². The zero-order chi connectivity index (χ0) is 15.9. The van der Waals surface area contributed by atoms with Crippen molar-refractivity contribution >= 4 is 33.8 Å². The summed E-state index contributed by atoms with van der Waals surface area (Å²) in [4.78, 5) is 37.5. The van der Waals surface area contributed by atoms with Crippen LogP contribution in [0.4, 0.5) is 4.79 Å². The first-order valence-corrected chi connectivity index (χ1v) is 7.89. The van der Waals surface area contributed by atoms with Crippen molar-refractivity contribution in [1.82, 2.24) is 15.5 Å². The molecule has 6 nitrogen and oxygen atoms in total. The van der Waals surface area contributed by atoms with Crippen LogP contribution in [0.25, 0.3) is 0 Å². The van der Waals surface area contributed by atoms with Gasteiger partial charge in [-0.3, -0.25) is 14.5 Å². The highest BCUT2D eigenvalue weighted by Gasteiger charge is 2.49. The number of carbonyl (C=O) groups excluding carboxylic acids is 3. The van der Waals surface area contributed by atoms with Gasteiger partial charge in [0.25, 0.3) is 5.91 Å². The van der Waals surface area contributed by atoms with Gasteiger partial charge in [0, 0.05) is 10.5 Å². The average Bonchev–Trinajstić information content (AvgIpc) is 3.24. The van der Waals surface area contributed by atoms with Crippen LogP contribution in [-0.4, -0.2) is 35.3 Å². The van der Waals surface area contributed by atoms with Crippen LogP contribution in [0.2, 0.25) is 0 Å². The summed E-state index contributed by atoms with van der Waals surface area (Å²) >= 11 is 3.34. The lowest BCUT2D eigenvalue weighted by Crippen LogP contribution is -2.43. The zero-order valence-electron chi connectivity index (χ0n) is 12.1. The summed E-state index contributed by atoms with van der Waals surface area (Å²) in [6.07, 6.45) is 1.92. The fraction of sp³-hybridized carbons (Fsp3) is 0.400. The van der Waals surface area contributed by atoms with Crippen LogP contribution in [-0.2, 0) is 15.1 Å². The van der Waals surface area contributed by atoms with Crippen molar-refractivity contribution in [1.29, 1.82) is 0 Å². The average molecular weight is 366 g/mol. The van der Waals surface area contributed by atoms with Gasteiger partial charge in [-0.2, -0.15) is 0 Å². The van der Waals surface area contributed by atoms with Gasteiger partial charge < -0.3 is 10.6 Å². The summed E-state index contributed by atoms with van der Waals surface area (Å²) in [5.41, 5.74) is -0.461. The number of urea groups is 1. The minimum absolute atomic E-state index is 0.200. The Labute approximate surface area is 136 Å². The second kappa shape index (κ2) is 5.39. The first-order valence-electron chi connectivity index (χ1n) is 7.09. The smallest absolute Gasteiger partial charge is 0.325 e. The van der Waals surface area contributed by atoms with Gasteiger partial charge in [0.05, 0.1) is 0 Å². The third-order valence-corrected chi connectivity index (χ3v) is 4.47. The fourth-order valence-corrected chi connectivity index (χ4v) is 2.73. The Morgan fingerprint density at radius 2 is 2.00 bits per heavy atom. The quantitative estimate of drug-likeness (QED) is 0.793. The molecule has 22 heavy (non-hydrogen) atoms. The van der Waals surface area contributed by atoms with Crippen LogP contribution >= 0.6 is 15.9 Å². The maximum Gasteiger partial charge on any atom is 0.325 e. The number of rotatable bonds is 4. The maximum absolute atomic E-state index is 12.6. The first kappa shape index (κ1) is 15.0. The lowest BCUT2D eigenvalue weighted by molar-refractivity contribution is -0.134. The van der Waals surface area contributed by atoms with E-state index in [4.69, 9.17) is 0 Å². The molecule has 2 aliphatic rings. The molecule has 1 aliphatic heterocycles. The molecule has 7 heteroatoms. The Bertz CT molecular complexity index is 642. The highest BCUT2D eigenvalue weighted by atomic mass is 79.9. The molecule has 0 aromatic heterocycles. The number of nitrogens with one attached hydrogen (secondary N) is 2. The minimum atomic E-state index is -1.14. The van der Waals surface area contributed by atoms with E-state index in [9.17, 15) is 14.4 Å². The number of nitrogens with zero attached hydrogens (tertiary/aromatic N) is 1. The van der Waals surface area contributed by atoms with E-state index in [1.807, 2.05) is 12.1 Å². The van der Waals surface area contributed by atoms with E-state index in [0.717, 1.165) is 22.2 Å². The van der Waals surface area contributed by atoms with E-state index in [1.54, 1.807) is 19.1 Å². The van der Waals surface area contributed by atoms with Crippen molar-refractivity contribution in [2.45, 2.75) is 31.3 Å². The van der Waals surface area contributed by atoms with E-state index >= 15 is 0 Å². The van der Waals surface area contributed by atoms with E-state index in [2.05, 4.69) is 26.6 Å². The number of hydrogen-bond acceptors (Lipinski definition) is 3. The molecule has 0 bridgehead atoms. The number of benzene rings is 1. The van der Waals surface area contributed by atoms with E-state index in [1.165, 1.54) is 0 Å². The molecule has 1 saturated carbocycles. The summed E-state index contributed by atoms with van der Waals surface area (Å²) in [6, 6.07) is 6.82. The SMILES string of the molecule is CC1(c2ccc(Br)cc2)NC(=O)N(CC(=O)NC2CC2)C1=O. The topological polar surface area (TPSA) is 78.5 Å².